The average Bonchev–Trinajstić information content (AvgIpc) is 3.11. The summed E-state index contributed by atoms with van der Waals surface area (Å²) in [4.78, 5) is 0. The second-order valence-electron chi connectivity index (χ2n) is 6.61. The van der Waals surface area contributed by atoms with Crippen LogP contribution in [0.2, 0.25) is 18.1 Å². The van der Waals surface area contributed by atoms with Crippen LogP contribution in [0, 0.1) is 38.7 Å². The standard InChI is InChI=1S/C11H21OSi.C5H10.3CO.W/c1-8-9-10(2)12-13(6,7)11(3,4)5;1-2-4-5-3-1;3*1-2;/h10H,1H2,2-7H3;1-5H2;;;;/q-1;;;;;+2. The first-order valence-electron chi connectivity index (χ1n) is 7.77. The van der Waals surface area contributed by atoms with Gasteiger partial charge in [0.1, 0.15) is 0 Å². The van der Waals surface area contributed by atoms with Crippen molar-refractivity contribution in [2.45, 2.75) is 84.0 Å². The molecule has 0 aromatic carbocycles. The van der Waals surface area contributed by atoms with E-state index < -0.39 is 8.32 Å². The Bertz CT molecular complexity index is 372. The predicted octanol–water partition coefficient (Wildman–Crippen LogP) is 5.07. The Morgan fingerprint density at radius 3 is 1.40 bits per heavy atom. The first-order valence-corrected chi connectivity index (χ1v) is 10.7. The number of rotatable bonds is 2. The van der Waals surface area contributed by atoms with E-state index in [9.17, 15) is 0 Å². The molecule has 0 radical (unpaired) electrons. The zero-order valence-electron chi connectivity index (χ0n) is 16.4. The van der Waals surface area contributed by atoms with E-state index in [-0.39, 0.29) is 32.2 Å². The molecule has 1 aliphatic rings. The van der Waals surface area contributed by atoms with Crippen molar-refractivity contribution in [2.75, 3.05) is 0 Å². The molecule has 0 bridgehead atoms. The Kier molecular flexibility index (Phi) is 33.5. The van der Waals surface area contributed by atoms with Crippen molar-refractivity contribution in [3.63, 3.8) is 0 Å². The van der Waals surface area contributed by atoms with Crippen LogP contribution in [-0.4, -0.2) is 14.4 Å². The molecule has 6 heteroatoms. The molecule has 1 aliphatic carbocycles. The number of hydrogen-bond donors (Lipinski definition) is 0. The summed E-state index contributed by atoms with van der Waals surface area (Å²) in [6, 6.07) is 0. The van der Waals surface area contributed by atoms with Crippen LogP contribution in [0.4, 0.5) is 0 Å². The molecule has 0 heterocycles. The van der Waals surface area contributed by atoms with E-state index in [2.05, 4.69) is 72.6 Å². The van der Waals surface area contributed by atoms with E-state index in [0.29, 0.717) is 0 Å². The topological polar surface area (TPSA) is 68.9 Å². The van der Waals surface area contributed by atoms with Crippen LogP contribution < -0.4 is 0 Å². The van der Waals surface area contributed by atoms with Crippen LogP contribution in [0.5, 0.6) is 0 Å². The molecule has 1 unspecified atom stereocenters. The normalized spacial score (nSPS) is 12.6. The van der Waals surface area contributed by atoms with Crippen molar-refractivity contribution in [3.8, 4) is 11.8 Å². The van der Waals surface area contributed by atoms with Crippen LogP contribution in [-0.2, 0) is 39.4 Å². The molecule has 0 aromatic rings. The molecule has 0 amide bonds. The average molecular weight is 535 g/mol. The first-order chi connectivity index (χ1) is 11.2. The minimum atomic E-state index is -1.64. The van der Waals surface area contributed by atoms with Gasteiger partial charge < -0.3 is 4.43 Å². The fourth-order valence-electron chi connectivity index (χ4n) is 1.68. The Morgan fingerprint density at radius 1 is 0.920 bits per heavy atom. The largest absolute Gasteiger partial charge is 2.00 e. The Hall–Kier alpha value is -0.485. The van der Waals surface area contributed by atoms with Gasteiger partial charge in [0.15, 0.2) is 8.32 Å². The van der Waals surface area contributed by atoms with E-state index in [0.717, 1.165) is 0 Å². The van der Waals surface area contributed by atoms with Crippen molar-refractivity contribution in [1.82, 2.24) is 0 Å². The maximum Gasteiger partial charge on any atom is 2.00 e. The van der Waals surface area contributed by atoms with Crippen molar-refractivity contribution in [2.24, 2.45) is 0 Å². The number of hydrogen-bond acceptors (Lipinski definition) is 1. The zero-order chi connectivity index (χ0) is 20.2. The van der Waals surface area contributed by atoms with Crippen LogP contribution in [0.15, 0.2) is 0 Å². The second-order valence-corrected chi connectivity index (χ2v) is 11.4. The minimum Gasteiger partial charge on any atom is -0.421 e. The molecule has 1 rings (SSSR count). The summed E-state index contributed by atoms with van der Waals surface area (Å²) in [5, 5.41) is 0.254. The first kappa shape index (κ1) is 35.6. The van der Waals surface area contributed by atoms with E-state index in [1.807, 2.05) is 6.92 Å². The monoisotopic (exact) mass is 535 g/mol. The van der Waals surface area contributed by atoms with Gasteiger partial charge in [-0.25, -0.2) is 0 Å². The van der Waals surface area contributed by atoms with Gasteiger partial charge >= 0.3 is 55.0 Å². The second kappa shape index (κ2) is 23.5. The summed E-state index contributed by atoms with van der Waals surface area (Å²) in [6.45, 7) is 30.1. The van der Waals surface area contributed by atoms with Gasteiger partial charge in [0.25, 0.3) is 0 Å². The van der Waals surface area contributed by atoms with Crippen LogP contribution in [0.25, 0.3) is 0 Å². The quantitative estimate of drug-likeness (QED) is 0.211. The van der Waals surface area contributed by atoms with Gasteiger partial charge in [0.05, 0.1) is 0 Å². The van der Waals surface area contributed by atoms with Crippen LogP contribution in [0.1, 0.15) is 59.8 Å². The van der Waals surface area contributed by atoms with Crippen molar-refractivity contribution in [3.05, 3.63) is 26.9 Å². The predicted molar refractivity (Wildman–Crippen MR) is 95.8 cm³/mol. The molecular formula is C19H31O4SiW+. The fraction of sp³-hybridized carbons (Fsp3) is 0.684. The smallest absolute Gasteiger partial charge is 0.421 e. The molecule has 0 aromatic heterocycles. The van der Waals surface area contributed by atoms with Gasteiger partial charge in [0, 0.05) is 6.10 Å². The molecule has 0 N–H and O–H groups in total. The molecule has 1 atom stereocenters. The summed E-state index contributed by atoms with van der Waals surface area (Å²) in [5.74, 6) is 5.56. The summed E-state index contributed by atoms with van der Waals surface area (Å²) < 4.78 is 28.5. The van der Waals surface area contributed by atoms with Gasteiger partial charge in [-0.2, -0.15) is 6.92 Å². The maximum absolute atomic E-state index is 7.50. The Balaban J connectivity index is -0.0000000920. The van der Waals surface area contributed by atoms with E-state index >= 15 is 0 Å². The van der Waals surface area contributed by atoms with Crippen LogP contribution in [0.3, 0.4) is 0 Å². The summed E-state index contributed by atoms with van der Waals surface area (Å²) in [6.07, 6.45) is 7.51. The molecule has 0 spiro atoms. The molecule has 0 aliphatic heterocycles. The summed E-state index contributed by atoms with van der Waals surface area (Å²) in [7, 11) is -1.64. The van der Waals surface area contributed by atoms with E-state index in [1.54, 1.807) is 0 Å². The SMILES string of the molecule is C1CCCC1.[C-]#[O+].[C-]#[O+].[C-]#[O+].[CH2-]C#CC(C)O[Si](C)(C)C(C)(C)C.[W+2]. The molecule has 1 fully saturated rings. The third-order valence-electron chi connectivity index (χ3n) is 3.83. The summed E-state index contributed by atoms with van der Waals surface area (Å²) in [5.41, 5.74) is 0. The summed E-state index contributed by atoms with van der Waals surface area (Å²) >= 11 is 0. The van der Waals surface area contributed by atoms with Crippen molar-refractivity contribution < 1.29 is 39.4 Å². The third-order valence-corrected chi connectivity index (χ3v) is 8.39. The maximum atomic E-state index is 7.50. The van der Waals surface area contributed by atoms with Gasteiger partial charge in [-0.1, -0.05) is 52.9 Å². The van der Waals surface area contributed by atoms with Gasteiger partial charge in [-0.05, 0) is 25.1 Å². The molecule has 0 saturated heterocycles. The fourth-order valence-corrected chi connectivity index (χ4v) is 2.97. The third kappa shape index (κ3) is 23.5. The zero-order valence-corrected chi connectivity index (χ0v) is 20.3. The van der Waals surface area contributed by atoms with Crippen LogP contribution >= 0.6 is 0 Å². The van der Waals surface area contributed by atoms with E-state index in [4.69, 9.17) is 18.4 Å². The van der Waals surface area contributed by atoms with Crippen molar-refractivity contribution >= 4 is 8.32 Å². The molecular weight excluding hydrogens is 504 g/mol. The van der Waals surface area contributed by atoms with E-state index in [1.165, 1.54) is 32.1 Å². The molecule has 4 nitrogen and oxygen atoms in total. The molecule has 1 saturated carbocycles. The molecule has 25 heavy (non-hydrogen) atoms. The van der Waals surface area contributed by atoms with Crippen molar-refractivity contribution in [1.29, 1.82) is 0 Å². The van der Waals surface area contributed by atoms with Gasteiger partial charge in [-0.15, -0.1) is 0 Å². The van der Waals surface area contributed by atoms with Gasteiger partial charge in [0.2, 0.25) is 0 Å². The Labute approximate surface area is 170 Å². The molecule has 140 valence electrons. The Morgan fingerprint density at radius 2 is 1.20 bits per heavy atom. The van der Waals surface area contributed by atoms with Gasteiger partial charge in [-0.3, -0.25) is 11.8 Å². The minimum absolute atomic E-state index is 0.